The van der Waals surface area contributed by atoms with Crippen molar-refractivity contribution in [3.63, 3.8) is 0 Å². The number of nitrogens with zero attached hydrogens (tertiary/aromatic N) is 2. The minimum absolute atomic E-state index is 0.122. The monoisotopic (exact) mass is 362 g/mol. The van der Waals surface area contributed by atoms with Gasteiger partial charge in [0.15, 0.2) is 5.43 Å². The highest BCUT2D eigenvalue weighted by Gasteiger charge is 2.42. The van der Waals surface area contributed by atoms with Gasteiger partial charge in [-0.1, -0.05) is 13.3 Å². The van der Waals surface area contributed by atoms with E-state index in [2.05, 4.69) is 11.9 Å². The topological polar surface area (TPSA) is 63.4 Å². The van der Waals surface area contributed by atoms with Gasteiger partial charge in [-0.3, -0.25) is 14.6 Å². The van der Waals surface area contributed by atoms with Crippen LogP contribution in [0.25, 0.3) is 11.0 Å². The van der Waals surface area contributed by atoms with Crippen LogP contribution in [0.2, 0.25) is 0 Å². The Morgan fingerprint density at radius 2 is 1.81 bits per heavy atom. The number of hydrogen-bond acceptors (Lipinski definition) is 4. The van der Waals surface area contributed by atoms with Crippen LogP contribution >= 0.6 is 0 Å². The molecule has 1 atom stereocenters. The van der Waals surface area contributed by atoms with Gasteiger partial charge in [-0.15, -0.1) is 0 Å². The molecule has 5 heteroatoms. The second kappa shape index (κ2) is 6.65. The first kappa shape index (κ1) is 17.5. The van der Waals surface area contributed by atoms with Gasteiger partial charge in [0.1, 0.15) is 5.58 Å². The standard InChI is InChI=1S/C22H22N2O3/c1-4-5-10-24-19(15-6-8-23-9-7-15)18-20(25)16-11-13(2)14(3)12-17(16)27-21(18)22(24)26/h6-9,11-12,19H,4-5,10H2,1-3H3. The predicted molar refractivity (Wildman–Crippen MR) is 104 cm³/mol. The van der Waals surface area contributed by atoms with Crippen molar-refractivity contribution in [3.05, 3.63) is 74.9 Å². The Kier molecular flexibility index (Phi) is 4.30. The van der Waals surface area contributed by atoms with Crippen LogP contribution in [0.3, 0.4) is 0 Å². The number of carbonyl (C=O) groups is 1. The summed E-state index contributed by atoms with van der Waals surface area (Å²) in [6.07, 6.45) is 5.20. The van der Waals surface area contributed by atoms with Crippen LogP contribution in [-0.2, 0) is 0 Å². The van der Waals surface area contributed by atoms with Crippen molar-refractivity contribution < 1.29 is 9.21 Å². The Balaban J connectivity index is 1.99. The lowest BCUT2D eigenvalue weighted by Crippen LogP contribution is -2.30. The van der Waals surface area contributed by atoms with Gasteiger partial charge in [0, 0.05) is 18.9 Å². The number of amides is 1. The molecule has 3 aromatic rings. The van der Waals surface area contributed by atoms with Crippen LogP contribution in [0.15, 0.2) is 45.9 Å². The van der Waals surface area contributed by atoms with Crippen molar-refractivity contribution in [3.8, 4) is 0 Å². The third kappa shape index (κ3) is 2.74. The number of rotatable bonds is 4. The van der Waals surface area contributed by atoms with E-state index in [0.717, 1.165) is 29.5 Å². The van der Waals surface area contributed by atoms with Crippen molar-refractivity contribution in [2.75, 3.05) is 6.54 Å². The molecule has 0 aliphatic carbocycles. The van der Waals surface area contributed by atoms with E-state index in [1.54, 1.807) is 17.3 Å². The van der Waals surface area contributed by atoms with Gasteiger partial charge in [0.05, 0.1) is 17.0 Å². The maximum absolute atomic E-state index is 13.4. The van der Waals surface area contributed by atoms with Crippen LogP contribution < -0.4 is 5.43 Å². The lowest BCUT2D eigenvalue weighted by atomic mass is 9.98. The smallest absolute Gasteiger partial charge is 0.290 e. The number of unbranched alkanes of at least 4 members (excludes halogenated alkanes) is 1. The molecule has 0 spiro atoms. The van der Waals surface area contributed by atoms with E-state index < -0.39 is 6.04 Å². The van der Waals surface area contributed by atoms with Gasteiger partial charge < -0.3 is 9.32 Å². The molecule has 1 aliphatic rings. The Labute approximate surface area is 157 Å². The van der Waals surface area contributed by atoms with Gasteiger partial charge in [-0.05, 0) is 61.2 Å². The second-order valence-corrected chi connectivity index (χ2v) is 7.14. The fraction of sp³-hybridized carbons (Fsp3) is 0.318. The maximum Gasteiger partial charge on any atom is 0.290 e. The van der Waals surface area contributed by atoms with E-state index in [0.29, 0.717) is 23.1 Å². The SMILES string of the molecule is CCCCN1C(=O)c2oc3cc(C)c(C)cc3c(=O)c2C1c1ccncc1. The fourth-order valence-electron chi connectivity index (χ4n) is 3.73. The van der Waals surface area contributed by atoms with Crippen molar-refractivity contribution in [2.45, 2.75) is 39.7 Å². The molecule has 1 unspecified atom stereocenters. The maximum atomic E-state index is 13.4. The summed E-state index contributed by atoms with van der Waals surface area (Å²) in [5.74, 6) is -0.0360. The first-order chi connectivity index (χ1) is 13.0. The fourth-order valence-corrected chi connectivity index (χ4v) is 3.73. The van der Waals surface area contributed by atoms with Crippen molar-refractivity contribution in [1.82, 2.24) is 9.88 Å². The molecule has 0 fully saturated rings. The van der Waals surface area contributed by atoms with Gasteiger partial charge in [0.25, 0.3) is 5.91 Å². The van der Waals surface area contributed by atoms with E-state index in [1.807, 2.05) is 38.1 Å². The molecule has 2 aromatic heterocycles. The van der Waals surface area contributed by atoms with E-state index in [4.69, 9.17) is 4.42 Å². The minimum Gasteiger partial charge on any atom is -0.450 e. The number of benzene rings is 1. The Hall–Kier alpha value is -2.95. The van der Waals surface area contributed by atoms with Crippen molar-refractivity contribution in [1.29, 1.82) is 0 Å². The number of pyridine rings is 1. The molecule has 0 N–H and O–H groups in total. The van der Waals surface area contributed by atoms with Crippen molar-refractivity contribution >= 4 is 16.9 Å². The molecule has 1 amide bonds. The Morgan fingerprint density at radius 1 is 1.11 bits per heavy atom. The molecule has 0 saturated heterocycles. The van der Waals surface area contributed by atoms with Crippen LogP contribution in [0, 0.1) is 13.8 Å². The highest BCUT2D eigenvalue weighted by Crippen LogP contribution is 2.38. The molecule has 5 nitrogen and oxygen atoms in total. The quantitative estimate of drug-likeness (QED) is 0.699. The van der Waals surface area contributed by atoms with Crippen LogP contribution in [0.1, 0.15) is 58.6 Å². The molecular weight excluding hydrogens is 340 g/mol. The summed E-state index contributed by atoms with van der Waals surface area (Å²) in [5.41, 5.74) is 3.73. The Bertz CT molecular complexity index is 1090. The van der Waals surface area contributed by atoms with E-state index in [1.165, 1.54) is 0 Å². The van der Waals surface area contributed by atoms with Crippen LogP contribution in [0.4, 0.5) is 0 Å². The average molecular weight is 362 g/mol. The zero-order valence-electron chi connectivity index (χ0n) is 15.8. The summed E-state index contributed by atoms with van der Waals surface area (Å²) >= 11 is 0. The number of hydrogen-bond donors (Lipinski definition) is 0. The summed E-state index contributed by atoms with van der Waals surface area (Å²) in [6, 6.07) is 6.99. The summed E-state index contributed by atoms with van der Waals surface area (Å²) in [6.45, 7) is 6.61. The summed E-state index contributed by atoms with van der Waals surface area (Å²) < 4.78 is 5.99. The molecule has 1 aliphatic heterocycles. The molecule has 4 rings (SSSR count). The van der Waals surface area contributed by atoms with E-state index in [9.17, 15) is 9.59 Å². The van der Waals surface area contributed by atoms with Gasteiger partial charge in [-0.25, -0.2) is 0 Å². The molecule has 27 heavy (non-hydrogen) atoms. The zero-order chi connectivity index (χ0) is 19.1. The first-order valence-corrected chi connectivity index (χ1v) is 9.31. The zero-order valence-corrected chi connectivity index (χ0v) is 15.8. The van der Waals surface area contributed by atoms with E-state index >= 15 is 0 Å². The highest BCUT2D eigenvalue weighted by molar-refractivity contribution is 5.99. The minimum atomic E-state index is -0.427. The van der Waals surface area contributed by atoms with Gasteiger partial charge >= 0.3 is 0 Å². The summed E-state index contributed by atoms with van der Waals surface area (Å²) in [5, 5.41) is 0.529. The van der Waals surface area contributed by atoms with Crippen molar-refractivity contribution in [2.24, 2.45) is 0 Å². The largest absolute Gasteiger partial charge is 0.450 e. The molecule has 0 bridgehead atoms. The number of carbonyl (C=O) groups excluding carboxylic acids is 1. The number of aryl methyl sites for hydroxylation is 2. The molecule has 138 valence electrons. The number of fused-ring (bicyclic) bond motifs is 2. The van der Waals surface area contributed by atoms with Gasteiger partial charge in [-0.2, -0.15) is 0 Å². The van der Waals surface area contributed by atoms with Crippen LogP contribution in [-0.4, -0.2) is 22.3 Å². The Morgan fingerprint density at radius 3 is 2.52 bits per heavy atom. The molecule has 1 aromatic carbocycles. The number of aromatic nitrogens is 1. The summed E-state index contributed by atoms with van der Waals surface area (Å²) in [7, 11) is 0. The average Bonchev–Trinajstić information content (AvgIpc) is 2.95. The molecule has 0 radical (unpaired) electrons. The molecular formula is C22H22N2O3. The lowest BCUT2D eigenvalue weighted by Gasteiger charge is -2.24. The van der Waals surface area contributed by atoms with E-state index in [-0.39, 0.29) is 17.1 Å². The molecule has 0 saturated carbocycles. The first-order valence-electron chi connectivity index (χ1n) is 9.31. The highest BCUT2D eigenvalue weighted by atomic mass is 16.3. The third-order valence-electron chi connectivity index (χ3n) is 5.36. The summed E-state index contributed by atoms with van der Waals surface area (Å²) in [4.78, 5) is 32.3. The predicted octanol–water partition coefficient (Wildman–Crippen LogP) is 4.15. The third-order valence-corrected chi connectivity index (χ3v) is 5.36. The van der Waals surface area contributed by atoms with Gasteiger partial charge in [0.2, 0.25) is 5.76 Å². The lowest BCUT2D eigenvalue weighted by molar-refractivity contribution is 0.0725. The molecule has 3 heterocycles. The second-order valence-electron chi connectivity index (χ2n) is 7.14. The van der Waals surface area contributed by atoms with Crippen LogP contribution in [0.5, 0.6) is 0 Å². The normalized spacial score (nSPS) is 16.2.